The maximum Gasteiger partial charge on any atom is 0.0846 e. The molecule has 0 aliphatic rings. The van der Waals surface area contributed by atoms with Gasteiger partial charge in [-0.2, -0.15) is 0 Å². The van der Waals surface area contributed by atoms with Crippen molar-refractivity contribution in [1.82, 2.24) is 0 Å². The monoisotopic (exact) mass is 228 g/mol. The first kappa shape index (κ1) is 12.1. The average molecular weight is 228 g/mol. The minimum atomic E-state index is -0.418. The van der Waals surface area contributed by atoms with Gasteiger partial charge >= 0.3 is 0 Å². The molecule has 0 saturated heterocycles. The molecule has 0 spiro atoms. The largest absolute Gasteiger partial charge is 0.388 e. The van der Waals surface area contributed by atoms with Crippen molar-refractivity contribution >= 4 is 10.8 Å². The molecule has 17 heavy (non-hydrogen) atoms. The average Bonchev–Trinajstić information content (AvgIpc) is 2.37. The van der Waals surface area contributed by atoms with Gasteiger partial charge in [0.2, 0.25) is 0 Å². The lowest BCUT2D eigenvalue weighted by Gasteiger charge is -2.30. The molecule has 1 unspecified atom stereocenters. The molecule has 0 radical (unpaired) electrons. The Morgan fingerprint density at radius 1 is 1.06 bits per heavy atom. The van der Waals surface area contributed by atoms with E-state index >= 15 is 0 Å². The fraction of sp³-hybridized carbons (Fsp3) is 0.375. The van der Waals surface area contributed by atoms with Gasteiger partial charge in [-0.25, -0.2) is 0 Å². The summed E-state index contributed by atoms with van der Waals surface area (Å²) in [6.45, 7) is 6.34. The first-order valence-electron chi connectivity index (χ1n) is 6.22. The Hall–Kier alpha value is -1.34. The standard InChI is InChI=1S/C16H20O/c1-4-16(2,3)15(17)14-11-7-9-12-8-5-6-10-13(12)14/h5-11,15,17H,4H2,1-3H3. The third-order valence-electron chi connectivity index (χ3n) is 3.77. The van der Waals surface area contributed by atoms with Crippen LogP contribution in [0.2, 0.25) is 0 Å². The first-order valence-corrected chi connectivity index (χ1v) is 6.22. The summed E-state index contributed by atoms with van der Waals surface area (Å²) in [6.07, 6.45) is 0.538. The minimum absolute atomic E-state index is 0.0931. The third-order valence-corrected chi connectivity index (χ3v) is 3.77. The molecular formula is C16H20O. The highest BCUT2D eigenvalue weighted by atomic mass is 16.3. The summed E-state index contributed by atoms with van der Waals surface area (Å²) in [5.41, 5.74) is 0.944. The Bertz CT molecular complexity index is 508. The zero-order valence-corrected chi connectivity index (χ0v) is 10.8. The van der Waals surface area contributed by atoms with Crippen LogP contribution in [0.1, 0.15) is 38.9 Å². The smallest absolute Gasteiger partial charge is 0.0846 e. The van der Waals surface area contributed by atoms with E-state index in [0.717, 1.165) is 17.4 Å². The fourth-order valence-electron chi connectivity index (χ4n) is 2.10. The van der Waals surface area contributed by atoms with Crippen LogP contribution in [0, 0.1) is 5.41 Å². The predicted octanol–water partition coefficient (Wildman–Crippen LogP) is 4.31. The van der Waals surface area contributed by atoms with Crippen molar-refractivity contribution < 1.29 is 5.11 Å². The van der Waals surface area contributed by atoms with E-state index in [1.54, 1.807) is 0 Å². The second kappa shape index (κ2) is 4.50. The molecule has 0 amide bonds. The van der Waals surface area contributed by atoms with Gasteiger partial charge in [-0.05, 0) is 28.2 Å². The van der Waals surface area contributed by atoms with Gasteiger partial charge in [0.15, 0.2) is 0 Å². The van der Waals surface area contributed by atoms with E-state index in [0.29, 0.717) is 0 Å². The van der Waals surface area contributed by atoms with E-state index in [1.807, 2.05) is 24.3 Å². The Morgan fingerprint density at radius 2 is 1.71 bits per heavy atom. The lowest BCUT2D eigenvalue weighted by Crippen LogP contribution is -2.21. The van der Waals surface area contributed by atoms with Crippen LogP contribution in [0.5, 0.6) is 0 Å². The summed E-state index contributed by atoms with van der Waals surface area (Å²) in [4.78, 5) is 0. The summed E-state index contributed by atoms with van der Waals surface area (Å²) in [5, 5.41) is 12.9. The minimum Gasteiger partial charge on any atom is -0.388 e. The summed E-state index contributed by atoms with van der Waals surface area (Å²) in [5.74, 6) is 0. The van der Waals surface area contributed by atoms with E-state index in [-0.39, 0.29) is 5.41 Å². The number of benzene rings is 2. The van der Waals surface area contributed by atoms with Crippen LogP contribution in [0.4, 0.5) is 0 Å². The van der Waals surface area contributed by atoms with Crippen LogP contribution in [0.3, 0.4) is 0 Å². The van der Waals surface area contributed by atoms with Crippen molar-refractivity contribution in [1.29, 1.82) is 0 Å². The first-order chi connectivity index (χ1) is 8.06. The van der Waals surface area contributed by atoms with E-state index in [9.17, 15) is 5.11 Å². The van der Waals surface area contributed by atoms with Gasteiger partial charge in [0.05, 0.1) is 6.10 Å². The summed E-state index contributed by atoms with van der Waals surface area (Å²) in [6, 6.07) is 14.4. The highest BCUT2D eigenvalue weighted by molar-refractivity contribution is 5.86. The van der Waals surface area contributed by atoms with Gasteiger partial charge in [-0.3, -0.25) is 0 Å². The molecule has 1 nitrogen and oxygen atoms in total. The maximum absolute atomic E-state index is 10.5. The van der Waals surface area contributed by atoms with E-state index in [2.05, 4.69) is 39.0 Å². The molecule has 1 atom stereocenters. The normalized spacial score (nSPS) is 13.9. The molecule has 0 fully saturated rings. The molecule has 0 aliphatic heterocycles. The lowest BCUT2D eigenvalue weighted by atomic mass is 9.79. The molecule has 0 saturated carbocycles. The van der Waals surface area contributed by atoms with Crippen molar-refractivity contribution in [2.24, 2.45) is 5.41 Å². The molecule has 2 aromatic carbocycles. The van der Waals surface area contributed by atoms with Crippen LogP contribution < -0.4 is 0 Å². The molecule has 2 rings (SSSR count). The lowest BCUT2D eigenvalue weighted by molar-refractivity contribution is 0.0477. The SMILES string of the molecule is CCC(C)(C)C(O)c1cccc2ccccc12. The molecular weight excluding hydrogens is 208 g/mol. The fourth-order valence-corrected chi connectivity index (χ4v) is 2.10. The van der Waals surface area contributed by atoms with E-state index < -0.39 is 6.10 Å². The molecule has 0 heterocycles. The van der Waals surface area contributed by atoms with Crippen LogP contribution in [0.15, 0.2) is 42.5 Å². The van der Waals surface area contributed by atoms with Crippen molar-refractivity contribution in [3.8, 4) is 0 Å². The third kappa shape index (κ3) is 2.20. The number of rotatable bonds is 3. The van der Waals surface area contributed by atoms with Gasteiger partial charge in [-0.15, -0.1) is 0 Å². The predicted molar refractivity (Wildman–Crippen MR) is 73.0 cm³/mol. The second-order valence-electron chi connectivity index (χ2n) is 5.31. The molecule has 0 aromatic heterocycles. The molecule has 2 aromatic rings. The van der Waals surface area contributed by atoms with Crippen molar-refractivity contribution in [3.63, 3.8) is 0 Å². The van der Waals surface area contributed by atoms with E-state index in [4.69, 9.17) is 0 Å². The van der Waals surface area contributed by atoms with Gasteiger partial charge in [-0.1, -0.05) is 63.2 Å². The topological polar surface area (TPSA) is 20.2 Å². The van der Waals surface area contributed by atoms with Gasteiger partial charge in [0, 0.05) is 0 Å². The highest BCUT2D eigenvalue weighted by Crippen LogP contribution is 2.38. The number of aliphatic hydroxyl groups is 1. The Morgan fingerprint density at radius 3 is 2.41 bits per heavy atom. The second-order valence-corrected chi connectivity index (χ2v) is 5.31. The van der Waals surface area contributed by atoms with E-state index in [1.165, 1.54) is 5.39 Å². The number of aliphatic hydroxyl groups excluding tert-OH is 1. The molecule has 90 valence electrons. The number of fused-ring (bicyclic) bond motifs is 1. The van der Waals surface area contributed by atoms with Crippen molar-refractivity contribution in [3.05, 3.63) is 48.0 Å². The zero-order chi connectivity index (χ0) is 12.5. The Balaban J connectivity index is 2.56. The van der Waals surface area contributed by atoms with Crippen LogP contribution in [-0.2, 0) is 0 Å². The van der Waals surface area contributed by atoms with Crippen LogP contribution in [0.25, 0.3) is 10.8 Å². The maximum atomic E-state index is 10.5. The summed E-state index contributed by atoms with van der Waals surface area (Å²) < 4.78 is 0. The van der Waals surface area contributed by atoms with Gasteiger partial charge in [0.25, 0.3) is 0 Å². The number of hydrogen-bond donors (Lipinski definition) is 1. The zero-order valence-electron chi connectivity index (χ0n) is 10.8. The van der Waals surface area contributed by atoms with Gasteiger partial charge < -0.3 is 5.11 Å². The Labute approximate surface area is 103 Å². The summed E-state index contributed by atoms with van der Waals surface area (Å²) in [7, 11) is 0. The summed E-state index contributed by atoms with van der Waals surface area (Å²) >= 11 is 0. The highest BCUT2D eigenvalue weighted by Gasteiger charge is 2.28. The molecule has 0 aliphatic carbocycles. The quantitative estimate of drug-likeness (QED) is 0.830. The Kier molecular flexibility index (Phi) is 3.21. The molecule has 0 bridgehead atoms. The van der Waals surface area contributed by atoms with Gasteiger partial charge in [0.1, 0.15) is 0 Å². The van der Waals surface area contributed by atoms with Crippen molar-refractivity contribution in [2.45, 2.75) is 33.3 Å². The van der Waals surface area contributed by atoms with Crippen molar-refractivity contribution in [2.75, 3.05) is 0 Å². The van der Waals surface area contributed by atoms with Crippen LogP contribution >= 0.6 is 0 Å². The number of hydrogen-bond acceptors (Lipinski definition) is 1. The molecule has 1 heteroatoms. The molecule has 1 N–H and O–H groups in total. The van der Waals surface area contributed by atoms with Crippen LogP contribution in [-0.4, -0.2) is 5.11 Å².